The Balaban J connectivity index is 3.00. The van der Waals surface area contributed by atoms with Crippen LogP contribution < -0.4 is 5.73 Å². The minimum absolute atomic E-state index is 0.0149. The Morgan fingerprint density at radius 3 is 2.74 bits per heavy atom. The molecule has 0 spiro atoms. The summed E-state index contributed by atoms with van der Waals surface area (Å²) in [5.41, 5.74) is 7.06. The molecule has 104 valence electrons. The van der Waals surface area contributed by atoms with E-state index in [0.29, 0.717) is 16.8 Å². The topological polar surface area (TPSA) is 108 Å². The van der Waals surface area contributed by atoms with Gasteiger partial charge in [-0.15, -0.1) is 0 Å². The molecule has 0 fully saturated rings. The quantitative estimate of drug-likeness (QED) is 0.485. The standard InChI is InChI=1S/C12H17N3O4/c1-4-19-12(16)9(13)5-10-8(3)11(15(17)18)7(2)6-14-10/h6,9H,4-5,13H2,1-3H3. The van der Waals surface area contributed by atoms with E-state index >= 15 is 0 Å². The van der Waals surface area contributed by atoms with Gasteiger partial charge in [0.05, 0.1) is 17.2 Å². The van der Waals surface area contributed by atoms with E-state index in [9.17, 15) is 14.9 Å². The first-order chi connectivity index (χ1) is 8.88. The third-order valence-corrected chi connectivity index (χ3v) is 2.76. The summed E-state index contributed by atoms with van der Waals surface area (Å²) < 4.78 is 4.79. The molecule has 0 aliphatic rings. The van der Waals surface area contributed by atoms with Gasteiger partial charge < -0.3 is 10.5 Å². The average molecular weight is 267 g/mol. The van der Waals surface area contributed by atoms with Crippen molar-refractivity contribution in [2.24, 2.45) is 5.73 Å². The van der Waals surface area contributed by atoms with Crippen LogP contribution in [-0.2, 0) is 16.0 Å². The number of carbonyl (C=O) groups excluding carboxylic acids is 1. The summed E-state index contributed by atoms with van der Waals surface area (Å²) >= 11 is 0. The second kappa shape index (κ2) is 6.24. The van der Waals surface area contributed by atoms with Gasteiger partial charge in [0.1, 0.15) is 6.04 Å². The van der Waals surface area contributed by atoms with Gasteiger partial charge in [-0.1, -0.05) is 0 Å². The van der Waals surface area contributed by atoms with Gasteiger partial charge >= 0.3 is 5.97 Å². The number of nitro groups is 1. The Labute approximate surface area is 110 Å². The van der Waals surface area contributed by atoms with Gasteiger partial charge in [-0.25, -0.2) is 0 Å². The molecule has 1 aromatic heterocycles. The fraction of sp³-hybridized carbons (Fsp3) is 0.500. The van der Waals surface area contributed by atoms with Crippen molar-refractivity contribution in [3.8, 4) is 0 Å². The Morgan fingerprint density at radius 1 is 1.58 bits per heavy atom. The summed E-state index contributed by atoms with van der Waals surface area (Å²) in [5, 5.41) is 11.0. The van der Waals surface area contributed by atoms with Crippen LogP contribution >= 0.6 is 0 Å². The van der Waals surface area contributed by atoms with Gasteiger partial charge in [0.15, 0.2) is 0 Å². The third-order valence-electron chi connectivity index (χ3n) is 2.76. The SMILES string of the molecule is CCOC(=O)C(N)Cc1ncc(C)c([N+](=O)[O-])c1C. The maximum absolute atomic E-state index is 11.4. The third kappa shape index (κ3) is 3.47. The van der Waals surface area contributed by atoms with Crippen molar-refractivity contribution in [1.82, 2.24) is 4.98 Å². The largest absolute Gasteiger partial charge is 0.465 e. The monoisotopic (exact) mass is 267 g/mol. The lowest BCUT2D eigenvalue weighted by Gasteiger charge is -2.12. The molecule has 0 amide bonds. The van der Waals surface area contributed by atoms with Crippen molar-refractivity contribution in [2.75, 3.05) is 6.61 Å². The van der Waals surface area contributed by atoms with Gasteiger partial charge in [0.25, 0.3) is 5.69 Å². The lowest BCUT2D eigenvalue weighted by Crippen LogP contribution is -2.35. The molecule has 0 saturated heterocycles. The van der Waals surface area contributed by atoms with Gasteiger partial charge in [-0.05, 0) is 20.8 Å². The molecule has 0 saturated carbocycles. The molecule has 7 heteroatoms. The van der Waals surface area contributed by atoms with Crippen molar-refractivity contribution in [1.29, 1.82) is 0 Å². The van der Waals surface area contributed by atoms with Crippen molar-refractivity contribution < 1.29 is 14.5 Å². The van der Waals surface area contributed by atoms with E-state index in [1.54, 1.807) is 20.8 Å². The van der Waals surface area contributed by atoms with Gasteiger partial charge in [-0.3, -0.25) is 19.9 Å². The Bertz CT molecular complexity index is 502. The zero-order valence-corrected chi connectivity index (χ0v) is 11.2. The smallest absolute Gasteiger partial charge is 0.323 e. The Hall–Kier alpha value is -2.02. The number of aryl methyl sites for hydroxylation is 1. The van der Waals surface area contributed by atoms with E-state index in [1.165, 1.54) is 6.20 Å². The number of hydrogen-bond acceptors (Lipinski definition) is 6. The molecule has 1 aromatic rings. The fourth-order valence-corrected chi connectivity index (χ4v) is 1.79. The summed E-state index contributed by atoms with van der Waals surface area (Å²) in [5.74, 6) is -0.535. The predicted octanol–water partition coefficient (Wildman–Crippen LogP) is 1.04. The molecular formula is C12H17N3O4. The summed E-state index contributed by atoms with van der Waals surface area (Å²) in [7, 11) is 0. The highest BCUT2D eigenvalue weighted by atomic mass is 16.6. The van der Waals surface area contributed by atoms with Crippen molar-refractivity contribution in [3.63, 3.8) is 0 Å². The van der Waals surface area contributed by atoms with E-state index in [2.05, 4.69) is 4.98 Å². The molecular weight excluding hydrogens is 250 g/mol. The van der Waals surface area contributed by atoms with Crippen LogP contribution in [0.3, 0.4) is 0 Å². The average Bonchev–Trinajstić information content (AvgIpc) is 2.32. The van der Waals surface area contributed by atoms with E-state index in [1.807, 2.05) is 0 Å². The molecule has 1 atom stereocenters. The zero-order chi connectivity index (χ0) is 14.6. The highest BCUT2D eigenvalue weighted by Gasteiger charge is 2.22. The van der Waals surface area contributed by atoms with Crippen molar-refractivity contribution >= 4 is 11.7 Å². The Morgan fingerprint density at radius 2 is 2.21 bits per heavy atom. The van der Waals surface area contributed by atoms with E-state index < -0.39 is 16.9 Å². The van der Waals surface area contributed by atoms with Crippen LogP contribution in [0.15, 0.2) is 6.20 Å². The Kier molecular flexibility index (Phi) is 4.94. The molecule has 0 radical (unpaired) electrons. The zero-order valence-electron chi connectivity index (χ0n) is 11.2. The highest BCUT2D eigenvalue weighted by molar-refractivity contribution is 5.75. The van der Waals surface area contributed by atoms with E-state index in [-0.39, 0.29) is 18.7 Å². The second-order valence-corrected chi connectivity index (χ2v) is 4.18. The predicted molar refractivity (Wildman–Crippen MR) is 68.7 cm³/mol. The summed E-state index contributed by atoms with van der Waals surface area (Å²) in [6, 6.07) is -0.867. The molecule has 1 heterocycles. The second-order valence-electron chi connectivity index (χ2n) is 4.18. The first kappa shape index (κ1) is 15.0. The number of pyridine rings is 1. The number of rotatable bonds is 5. The molecule has 7 nitrogen and oxygen atoms in total. The maximum Gasteiger partial charge on any atom is 0.323 e. The number of nitrogens with two attached hydrogens (primary N) is 1. The maximum atomic E-state index is 11.4. The number of ether oxygens (including phenoxy) is 1. The minimum Gasteiger partial charge on any atom is -0.465 e. The molecule has 1 unspecified atom stereocenters. The van der Waals surface area contributed by atoms with Gasteiger partial charge in [0, 0.05) is 23.7 Å². The summed E-state index contributed by atoms with van der Waals surface area (Å²) in [6.45, 7) is 5.15. The molecule has 19 heavy (non-hydrogen) atoms. The van der Waals surface area contributed by atoms with Crippen molar-refractivity contribution in [3.05, 3.63) is 33.1 Å². The first-order valence-electron chi connectivity index (χ1n) is 5.90. The first-order valence-corrected chi connectivity index (χ1v) is 5.90. The highest BCUT2D eigenvalue weighted by Crippen LogP contribution is 2.24. The van der Waals surface area contributed by atoms with Crippen LogP contribution in [0.1, 0.15) is 23.7 Å². The lowest BCUT2D eigenvalue weighted by atomic mass is 10.0. The number of nitrogens with zero attached hydrogens (tertiary/aromatic N) is 2. The molecule has 0 aliphatic carbocycles. The normalized spacial score (nSPS) is 12.0. The van der Waals surface area contributed by atoms with Gasteiger partial charge in [0.2, 0.25) is 0 Å². The minimum atomic E-state index is -0.867. The number of esters is 1. The summed E-state index contributed by atoms with van der Waals surface area (Å²) in [4.78, 5) is 26.1. The van der Waals surface area contributed by atoms with Crippen LogP contribution in [-0.4, -0.2) is 28.5 Å². The van der Waals surface area contributed by atoms with Crippen LogP contribution in [0.2, 0.25) is 0 Å². The number of carbonyl (C=O) groups is 1. The lowest BCUT2D eigenvalue weighted by molar-refractivity contribution is -0.386. The molecule has 0 bridgehead atoms. The van der Waals surface area contributed by atoms with E-state index in [0.717, 1.165) is 0 Å². The van der Waals surface area contributed by atoms with Crippen LogP contribution in [0.25, 0.3) is 0 Å². The summed E-state index contributed by atoms with van der Waals surface area (Å²) in [6.07, 6.45) is 1.53. The van der Waals surface area contributed by atoms with Crippen molar-refractivity contribution in [2.45, 2.75) is 33.2 Å². The van der Waals surface area contributed by atoms with Crippen LogP contribution in [0, 0.1) is 24.0 Å². The molecule has 0 aliphatic heterocycles. The number of aromatic nitrogens is 1. The number of hydrogen-bond donors (Lipinski definition) is 1. The molecule has 1 rings (SSSR count). The van der Waals surface area contributed by atoms with Crippen LogP contribution in [0.5, 0.6) is 0 Å². The fourth-order valence-electron chi connectivity index (χ4n) is 1.79. The van der Waals surface area contributed by atoms with Crippen LogP contribution in [0.4, 0.5) is 5.69 Å². The molecule has 2 N–H and O–H groups in total. The molecule has 0 aromatic carbocycles. The van der Waals surface area contributed by atoms with E-state index in [4.69, 9.17) is 10.5 Å². The van der Waals surface area contributed by atoms with Gasteiger partial charge in [-0.2, -0.15) is 0 Å².